The summed E-state index contributed by atoms with van der Waals surface area (Å²) in [6, 6.07) is 10.4. The van der Waals surface area contributed by atoms with E-state index in [-0.39, 0.29) is 0 Å². The molecular formula is C17H25N. The van der Waals surface area contributed by atoms with Crippen LogP contribution < -0.4 is 5.32 Å². The van der Waals surface area contributed by atoms with Gasteiger partial charge in [0.15, 0.2) is 0 Å². The first-order chi connectivity index (χ1) is 8.70. The molecule has 1 N–H and O–H groups in total. The lowest BCUT2D eigenvalue weighted by Gasteiger charge is -2.34. The summed E-state index contributed by atoms with van der Waals surface area (Å²) in [5.41, 5.74) is 3.12. The molecule has 0 spiro atoms. The van der Waals surface area contributed by atoms with Crippen molar-refractivity contribution in [2.24, 2.45) is 11.8 Å². The summed E-state index contributed by atoms with van der Waals surface area (Å²) in [6.07, 6.45) is 6.63. The molecule has 0 radical (unpaired) electrons. The van der Waals surface area contributed by atoms with Gasteiger partial charge in [-0.3, -0.25) is 0 Å². The highest BCUT2D eigenvalue weighted by Crippen LogP contribution is 2.30. The number of hydrogen-bond donors (Lipinski definition) is 1. The van der Waals surface area contributed by atoms with Crippen molar-refractivity contribution in [3.05, 3.63) is 35.4 Å². The van der Waals surface area contributed by atoms with E-state index in [2.05, 4.69) is 43.4 Å². The summed E-state index contributed by atoms with van der Waals surface area (Å²) in [5.74, 6) is 1.80. The number of hydrogen-bond acceptors (Lipinski definition) is 1. The topological polar surface area (TPSA) is 12.0 Å². The summed E-state index contributed by atoms with van der Waals surface area (Å²) in [4.78, 5) is 0. The maximum Gasteiger partial charge on any atom is 0.0151 e. The number of rotatable bonds is 2. The van der Waals surface area contributed by atoms with Crippen LogP contribution in [0, 0.1) is 11.8 Å². The molecule has 0 aliphatic heterocycles. The first-order valence-electron chi connectivity index (χ1n) is 7.53. The van der Waals surface area contributed by atoms with Gasteiger partial charge in [0.25, 0.3) is 0 Å². The largest absolute Gasteiger partial charge is 0.311 e. The van der Waals surface area contributed by atoms with Crippen LogP contribution in [0.5, 0.6) is 0 Å². The van der Waals surface area contributed by atoms with E-state index in [0.717, 1.165) is 17.9 Å². The number of nitrogens with one attached hydrogen (secondary N) is 1. The van der Waals surface area contributed by atoms with Crippen molar-refractivity contribution >= 4 is 0 Å². The highest BCUT2D eigenvalue weighted by molar-refractivity contribution is 5.33. The lowest BCUT2D eigenvalue weighted by molar-refractivity contribution is 0.226. The second-order valence-electron chi connectivity index (χ2n) is 6.65. The minimum atomic E-state index is 0.685. The van der Waals surface area contributed by atoms with E-state index in [1.165, 1.54) is 32.1 Å². The van der Waals surface area contributed by atoms with Gasteiger partial charge >= 0.3 is 0 Å². The lowest BCUT2D eigenvalue weighted by atomic mass is 9.80. The van der Waals surface area contributed by atoms with E-state index in [4.69, 9.17) is 0 Å². The smallest absolute Gasteiger partial charge is 0.0151 e. The van der Waals surface area contributed by atoms with Crippen LogP contribution in [0.4, 0.5) is 0 Å². The molecule has 0 bridgehead atoms. The predicted octanol–water partition coefficient (Wildman–Crippen LogP) is 3.57. The van der Waals surface area contributed by atoms with Crippen molar-refractivity contribution in [1.82, 2.24) is 5.32 Å². The molecule has 18 heavy (non-hydrogen) atoms. The fraction of sp³-hybridized carbons (Fsp3) is 0.647. The van der Waals surface area contributed by atoms with Gasteiger partial charge in [0, 0.05) is 12.1 Å². The van der Waals surface area contributed by atoms with Crippen LogP contribution in [0.1, 0.15) is 44.2 Å². The summed E-state index contributed by atoms with van der Waals surface area (Å²) < 4.78 is 0. The Bertz CT molecular complexity index is 377. The zero-order valence-corrected chi connectivity index (χ0v) is 11.7. The van der Waals surface area contributed by atoms with Gasteiger partial charge in [0.05, 0.1) is 0 Å². The Labute approximate surface area is 111 Å². The van der Waals surface area contributed by atoms with Gasteiger partial charge < -0.3 is 5.32 Å². The van der Waals surface area contributed by atoms with Gasteiger partial charge in [-0.25, -0.2) is 0 Å². The highest BCUT2D eigenvalue weighted by Gasteiger charge is 2.28. The summed E-state index contributed by atoms with van der Waals surface area (Å²) in [7, 11) is 0. The molecule has 1 aromatic carbocycles. The van der Waals surface area contributed by atoms with Crippen LogP contribution in [0.2, 0.25) is 0 Å². The van der Waals surface area contributed by atoms with Gasteiger partial charge in [0.1, 0.15) is 0 Å². The van der Waals surface area contributed by atoms with Crippen molar-refractivity contribution in [2.45, 2.75) is 58.0 Å². The Morgan fingerprint density at radius 1 is 0.833 bits per heavy atom. The highest BCUT2D eigenvalue weighted by atomic mass is 15.0. The van der Waals surface area contributed by atoms with Crippen molar-refractivity contribution in [1.29, 1.82) is 0 Å². The molecule has 3 rings (SSSR count). The van der Waals surface area contributed by atoms with Crippen LogP contribution in [0.15, 0.2) is 24.3 Å². The van der Waals surface area contributed by atoms with Crippen LogP contribution in [0.25, 0.3) is 0 Å². The Morgan fingerprint density at radius 2 is 1.39 bits per heavy atom. The second-order valence-corrected chi connectivity index (χ2v) is 6.65. The molecule has 1 nitrogen and oxygen atoms in total. The van der Waals surface area contributed by atoms with Gasteiger partial charge in [-0.15, -0.1) is 0 Å². The second kappa shape index (κ2) is 5.05. The molecule has 0 heterocycles. The first-order valence-corrected chi connectivity index (χ1v) is 7.53. The Kier molecular flexibility index (Phi) is 3.43. The molecule has 98 valence electrons. The Balaban J connectivity index is 1.59. The van der Waals surface area contributed by atoms with Crippen molar-refractivity contribution in [2.75, 3.05) is 0 Å². The molecule has 0 saturated heterocycles. The molecule has 2 aliphatic rings. The third-order valence-electron chi connectivity index (χ3n) is 4.70. The molecule has 1 heteroatoms. The van der Waals surface area contributed by atoms with E-state index in [1.807, 2.05) is 0 Å². The SMILES string of the molecule is CC1CC(C)CC(NC2Cc3ccccc3C2)C1. The lowest BCUT2D eigenvalue weighted by Crippen LogP contribution is -2.42. The molecule has 0 amide bonds. The van der Waals surface area contributed by atoms with E-state index < -0.39 is 0 Å². The maximum absolute atomic E-state index is 3.93. The fourth-order valence-electron chi connectivity index (χ4n) is 4.09. The predicted molar refractivity (Wildman–Crippen MR) is 76.7 cm³/mol. The van der Waals surface area contributed by atoms with Gasteiger partial charge in [-0.2, -0.15) is 0 Å². The normalized spacial score (nSPS) is 32.4. The minimum Gasteiger partial charge on any atom is -0.311 e. The maximum atomic E-state index is 3.93. The fourth-order valence-corrected chi connectivity index (χ4v) is 4.09. The zero-order valence-electron chi connectivity index (χ0n) is 11.7. The first kappa shape index (κ1) is 12.2. The molecule has 0 aromatic heterocycles. The van der Waals surface area contributed by atoms with Crippen LogP contribution in [0.3, 0.4) is 0 Å². The van der Waals surface area contributed by atoms with Gasteiger partial charge in [0.2, 0.25) is 0 Å². The van der Waals surface area contributed by atoms with Crippen molar-refractivity contribution in [3.8, 4) is 0 Å². The number of benzene rings is 1. The summed E-state index contributed by atoms with van der Waals surface area (Å²) in [6.45, 7) is 4.82. The quantitative estimate of drug-likeness (QED) is 0.837. The molecule has 2 atom stereocenters. The average Bonchev–Trinajstić information content (AvgIpc) is 2.69. The molecule has 1 saturated carbocycles. The van der Waals surface area contributed by atoms with E-state index in [1.54, 1.807) is 11.1 Å². The average molecular weight is 243 g/mol. The molecule has 2 unspecified atom stereocenters. The Hall–Kier alpha value is -0.820. The third kappa shape index (κ3) is 2.61. The van der Waals surface area contributed by atoms with Crippen molar-refractivity contribution < 1.29 is 0 Å². The standard InChI is InChI=1S/C17H25N/c1-12-7-13(2)9-16(8-12)18-17-10-14-5-3-4-6-15(14)11-17/h3-6,12-13,16-18H,7-11H2,1-2H3. The Morgan fingerprint density at radius 3 is 1.94 bits per heavy atom. The minimum absolute atomic E-state index is 0.685. The third-order valence-corrected chi connectivity index (χ3v) is 4.70. The van der Waals surface area contributed by atoms with Gasteiger partial charge in [-0.1, -0.05) is 38.1 Å². The van der Waals surface area contributed by atoms with E-state index in [0.29, 0.717) is 6.04 Å². The van der Waals surface area contributed by atoms with Crippen LogP contribution >= 0.6 is 0 Å². The van der Waals surface area contributed by atoms with Crippen molar-refractivity contribution in [3.63, 3.8) is 0 Å². The van der Waals surface area contributed by atoms with Crippen LogP contribution in [-0.4, -0.2) is 12.1 Å². The van der Waals surface area contributed by atoms with Gasteiger partial charge in [-0.05, 0) is 55.1 Å². The molecular weight excluding hydrogens is 218 g/mol. The zero-order chi connectivity index (χ0) is 12.5. The monoisotopic (exact) mass is 243 g/mol. The van der Waals surface area contributed by atoms with E-state index >= 15 is 0 Å². The molecule has 2 aliphatic carbocycles. The van der Waals surface area contributed by atoms with Crippen LogP contribution in [-0.2, 0) is 12.8 Å². The molecule has 1 aromatic rings. The van der Waals surface area contributed by atoms with E-state index in [9.17, 15) is 0 Å². The molecule has 1 fully saturated rings. The summed E-state index contributed by atoms with van der Waals surface area (Å²) in [5, 5.41) is 3.93. The summed E-state index contributed by atoms with van der Waals surface area (Å²) >= 11 is 0. The number of fused-ring (bicyclic) bond motifs is 1.